The molecule has 0 aliphatic heterocycles. The van der Waals surface area contributed by atoms with E-state index >= 15 is 0 Å². The Bertz CT molecular complexity index is 729. The average Bonchev–Trinajstić information content (AvgIpc) is 2.50. The van der Waals surface area contributed by atoms with Gasteiger partial charge in [-0.2, -0.15) is 0 Å². The summed E-state index contributed by atoms with van der Waals surface area (Å²) in [5, 5.41) is 10.0. The second-order valence-electron chi connectivity index (χ2n) is 4.35. The summed E-state index contributed by atoms with van der Waals surface area (Å²) >= 11 is 4.26. The molecule has 0 aromatic heterocycles. The number of carbonyl (C=O) groups is 1. The van der Waals surface area contributed by atoms with Crippen molar-refractivity contribution < 1.29 is 14.6 Å². The predicted octanol–water partition coefficient (Wildman–Crippen LogP) is 4.53. The molecule has 114 valence electrons. The summed E-state index contributed by atoms with van der Waals surface area (Å²) in [4.78, 5) is 16.0. The predicted molar refractivity (Wildman–Crippen MR) is 103 cm³/mol. The molecule has 0 saturated carbocycles. The Morgan fingerprint density at radius 3 is 2.82 bits per heavy atom. The van der Waals surface area contributed by atoms with Crippen LogP contribution in [-0.4, -0.2) is 23.9 Å². The van der Waals surface area contributed by atoms with Crippen molar-refractivity contribution in [2.45, 2.75) is 6.92 Å². The molecular weight excluding hydrogens is 508 g/mol. The van der Waals surface area contributed by atoms with E-state index in [-0.39, 0.29) is 11.7 Å². The van der Waals surface area contributed by atoms with Gasteiger partial charge in [-0.25, -0.2) is 4.79 Å². The molecule has 1 N–H and O–H groups in total. The van der Waals surface area contributed by atoms with E-state index in [1.807, 2.05) is 12.1 Å². The number of halogens is 2. The second-order valence-corrected chi connectivity index (χ2v) is 6.76. The molecule has 0 aliphatic carbocycles. The van der Waals surface area contributed by atoms with Crippen LogP contribution >= 0.6 is 45.2 Å². The van der Waals surface area contributed by atoms with Crippen molar-refractivity contribution in [3.8, 4) is 5.75 Å². The lowest BCUT2D eigenvalue weighted by Gasteiger charge is -2.04. The zero-order valence-electron chi connectivity index (χ0n) is 11.7. The number of rotatable bonds is 4. The Hall–Kier alpha value is -1.16. The standard InChI is InChI=1S/C16H13I2NO3/c1-2-22-16(21)10-4-3-5-13(7-10)19-9-11-6-12(17)8-14(18)15(11)20/h3-9,20H,2H2,1H3. The Morgan fingerprint density at radius 2 is 2.09 bits per heavy atom. The molecule has 0 spiro atoms. The highest BCUT2D eigenvalue weighted by molar-refractivity contribution is 14.1. The van der Waals surface area contributed by atoms with Gasteiger partial charge in [0.05, 0.1) is 21.4 Å². The number of benzene rings is 2. The summed E-state index contributed by atoms with van der Waals surface area (Å²) in [6, 6.07) is 10.6. The van der Waals surface area contributed by atoms with E-state index in [1.54, 1.807) is 37.4 Å². The number of phenolic OH excluding ortho intramolecular Hbond substituents is 1. The summed E-state index contributed by atoms with van der Waals surface area (Å²) in [6.07, 6.45) is 1.59. The van der Waals surface area contributed by atoms with Crippen LogP contribution in [0.3, 0.4) is 0 Å². The lowest BCUT2D eigenvalue weighted by atomic mass is 10.2. The molecule has 0 radical (unpaired) electrons. The lowest BCUT2D eigenvalue weighted by molar-refractivity contribution is 0.0526. The SMILES string of the molecule is CCOC(=O)c1cccc(N=Cc2cc(I)cc(I)c2O)c1. The van der Waals surface area contributed by atoms with Gasteiger partial charge in [-0.1, -0.05) is 6.07 Å². The van der Waals surface area contributed by atoms with Crippen molar-refractivity contribution in [1.29, 1.82) is 0 Å². The second kappa shape index (κ2) is 7.91. The van der Waals surface area contributed by atoms with Gasteiger partial charge < -0.3 is 9.84 Å². The third-order valence-electron chi connectivity index (χ3n) is 2.77. The van der Waals surface area contributed by atoms with Gasteiger partial charge in [-0.15, -0.1) is 0 Å². The number of aliphatic imine (C=N–C) groups is 1. The van der Waals surface area contributed by atoms with Crippen LogP contribution in [0.1, 0.15) is 22.8 Å². The van der Waals surface area contributed by atoms with E-state index < -0.39 is 0 Å². The van der Waals surface area contributed by atoms with Crippen molar-refractivity contribution in [3.63, 3.8) is 0 Å². The Balaban J connectivity index is 2.27. The van der Waals surface area contributed by atoms with Crippen molar-refractivity contribution in [2.24, 2.45) is 4.99 Å². The van der Waals surface area contributed by atoms with E-state index in [0.717, 1.165) is 7.14 Å². The first kappa shape index (κ1) is 17.2. The number of ether oxygens (including phenoxy) is 1. The first-order chi connectivity index (χ1) is 10.5. The number of phenols is 1. The minimum atomic E-state index is -0.369. The molecule has 0 fully saturated rings. The maximum atomic E-state index is 11.7. The molecule has 6 heteroatoms. The van der Waals surface area contributed by atoms with Gasteiger partial charge in [0.2, 0.25) is 0 Å². The minimum absolute atomic E-state index is 0.200. The fourth-order valence-electron chi connectivity index (χ4n) is 1.76. The fraction of sp³-hybridized carbons (Fsp3) is 0.125. The molecule has 2 rings (SSSR count). The smallest absolute Gasteiger partial charge is 0.338 e. The number of nitrogens with zero attached hydrogens (tertiary/aromatic N) is 1. The van der Waals surface area contributed by atoms with Gasteiger partial charge in [0.15, 0.2) is 0 Å². The van der Waals surface area contributed by atoms with Crippen molar-refractivity contribution in [3.05, 3.63) is 54.7 Å². The summed E-state index contributed by atoms with van der Waals surface area (Å²) in [6.45, 7) is 2.10. The van der Waals surface area contributed by atoms with Crippen LogP contribution in [0, 0.1) is 7.14 Å². The average molecular weight is 521 g/mol. The van der Waals surface area contributed by atoms with Gasteiger partial charge in [-0.05, 0) is 82.4 Å². The summed E-state index contributed by atoms with van der Waals surface area (Å²) in [5.41, 5.74) is 1.72. The topological polar surface area (TPSA) is 58.9 Å². The molecule has 2 aromatic rings. The molecular formula is C16H13I2NO3. The van der Waals surface area contributed by atoms with Crippen LogP contribution in [0.5, 0.6) is 5.75 Å². The molecule has 0 atom stereocenters. The molecule has 0 aliphatic rings. The molecule has 0 bridgehead atoms. The molecule has 22 heavy (non-hydrogen) atoms. The van der Waals surface area contributed by atoms with Crippen molar-refractivity contribution in [1.82, 2.24) is 0 Å². The van der Waals surface area contributed by atoms with E-state index in [4.69, 9.17) is 4.74 Å². The minimum Gasteiger partial charge on any atom is -0.506 e. The fourth-order valence-corrected chi connectivity index (χ4v) is 3.65. The highest BCUT2D eigenvalue weighted by atomic mass is 127. The number of hydrogen-bond donors (Lipinski definition) is 1. The van der Waals surface area contributed by atoms with Crippen LogP contribution < -0.4 is 0 Å². The maximum absolute atomic E-state index is 11.7. The van der Waals surface area contributed by atoms with Crippen LogP contribution in [0.4, 0.5) is 5.69 Å². The monoisotopic (exact) mass is 521 g/mol. The van der Waals surface area contributed by atoms with Gasteiger partial charge in [-0.3, -0.25) is 4.99 Å². The van der Waals surface area contributed by atoms with Gasteiger partial charge in [0.25, 0.3) is 0 Å². The Kier molecular flexibility index (Phi) is 6.18. The van der Waals surface area contributed by atoms with Gasteiger partial charge in [0, 0.05) is 15.3 Å². The Morgan fingerprint density at radius 1 is 1.32 bits per heavy atom. The van der Waals surface area contributed by atoms with E-state index in [9.17, 15) is 9.90 Å². The van der Waals surface area contributed by atoms with Crippen LogP contribution in [0.2, 0.25) is 0 Å². The molecule has 2 aromatic carbocycles. The van der Waals surface area contributed by atoms with Crippen molar-refractivity contribution >= 4 is 63.1 Å². The third-order valence-corrected chi connectivity index (χ3v) is 4.21. The van der Waals surface area contributed by atoms with Crippen LogP contribution in [0.15, 0.2) is 41.4 Å². The number of carbonyl (C=O) groups excluding carboxylic acids is 1. The van der Waals surface area contributed by atoms with Gasteiger partial charge in [0.1, 0.15) is 5.75 Å². The van der Waals surface area contributed by atoms with E-state index in [0.29, 0.717) is 23.4 Å². The Labute approximate surface area is 155 Å². The highest BCUT2D eigenvalue weighted by Gasteiger charge is 2.07. The zero-order chi connectivity index (χ0) is 16.1. The van der Waals surface area contributed by atoms with Crippen molar-refractivity contribution in [2.75, 3.05) is 6.61 Å². The van der Waals surface area contributed by atoms with E-state index in [2.05, 4.69) is 50.2 Å². The molecule has 4 nitrogen and oxygen atoms in total. The maximum Gasteiger partial charge on any atom is 0.338 e. The molecule has 0 unspecified atom stereocenters. The summed E-state index contributed by atoms with van der Waals surface area (Å²) in [7, 11) is 0. The molecule has 0 heterocycles. The molecule has 0 amide bonds. The normalized spacial score (nSPS) is 10.9. The summed E-state index contributed by atoms with van der Waals surface area (Å²) in [5.74, 6) is -0.169. The number of hydrogen-bond acceptors (Lipinski definition) is 4. The lowest BCUT2D eigenvalue weighted by Crippen LogP contribution is -2.03. The number of esters is 1. The third kappa shape index (κ3) is 4.42. The zero-order valence-corrected chi connectivity index (χ0v) is 16.0. The molecule has 0 saturated heterocycles. The first-order valence-corrected chi connectivity index (χ1v) is 8.66. The first-order valence-electron chi connectivity index (χ1n) is 6.50. The number of aromatic hydroxyl groups is 1. The van der Waals surface area contributed by atoms with Crippen LogP contribution in [-0.2, 0) is 4.74 Å². The highest BCUT2D eigenvalue weighted by Crippen LogP contribution is 2.26. The van der Waals surface area contributed by atoms with Gasteiger partial charge >= 0.3 is 5.97 Å². The largest absolute Gasteiger partial charge is 0.506 e. The quantitative estimate of drug-likeness (QED) is 0.366. The van der Waals surface area contributed by atoms with Crippen LogP contribution in [0.25, 0.3) is 0 Å². The van der Waals surface area contributed by atoms with E-state index in [1.165, 1.54) is 0 Å². The summed E-state index contributed by atoms with van der Waals surface area (Å²) < 4.78 is 6.75.